The molecular weight excluding hydrogens is 799 g/mol. The first-order valence-electron chi connectivity index (χ1n) is 22.4. The van der Waals surface area contributed by atoms with Gasteiger partial charge in [0.05, 0.1) is 0 Å². The molecule has 0 saturated heterocycles. The maximum absolute atomic E-state index is 5.23. The number of rotatable bonds is 8. The van der Waals surface area contributed by atoms with Gasteiger partial charge in [0.2, 0.25) is 0 Å². The SMILES string of the molecule is c1ccc(-c2ccc(-c3ccccc3)c(-c3cc(-c4cccc(-c5ccc6c7ccccc7c7ccccc7c6c5)c4)cc(-c4nc(-c5ccccc5)nc(-c5ccccc5)n4)c3)c2)cc1. The number of hydrogen-bond acceptors (Lipinski definition) is 3. The molecule has 0 fully saturated rings. The molecule has 1 aromatic heterocycles. The fraction of sp³-hybridized carbons (Fsp3) is 0. The first-order valence-corrected chi connectivity index (χ1v) is 22.4. The second-order valence-corrected chi connectivity index (χ2v) is 16.8. The number of aromatic nitrogens is 3. The second-order valence-electron chi connectivity index (χ2n) is 16.8. The number of nitrogens with zero attached hydrogens (tertiary/aromatic N) is 3. The molecule has 0 spiro atoms. The lowest BCUT2D eigenvalue weighted by Gasteiger charge is -2.17. The smallest absolute Gasteiger partial charge is 0.164 e. The molecule has 0 bridgehead atoms. The average Bonchev–Trinajstić information content (AvgIpc) is 3.41. The van der Waals surface area contributed by atoms with Gasteiger partial charge in [0.1, 0.15) is 0 Å². The fourth-order valence-corrected chi connectivity index (χ4v) is 9.44. The second kappa shape index (κ2) is 16.7. The molecule has 12 rings (SSSR count). The lowest BCUT2D eigenvalue weighted by molar-refractivity contribution is 1.07. The van der Waals surface area contributed by atoms with E-state index >= 15 is 0 Å². The van der Waals surface area contributed by atoms with Crippen LogP contribution in [0.5, 0.6) is 0 Å². The normalized spacial score (nSPS) is 11.3. The van der Waals surface area contributed by atoms with Crippen molar-refractivity contribution in [3.05, 3.63) is 249 Å². The lowest BCUT2D eigenvalue weighted by Crippen LogP contribution is -2.00. The van der Waals surface area contributed by atoms with Gasteiger partial charge < -0.3 is 0 Å². The van der Waals surface area contributed by atoms with E-state index in [1.165, 1.54) is 37.9 Å². The summed E-state index contributed by atoms with van der Waals surface area (Å²) in [6.07, 6.45) is 0. The van der Waals surface area contributed by atoms with Gasteiger partial charge in [-0.3, -0.25) is 0 Å². The molecule has 0 atom stereocenters. The van der Waals surface area contributed by atoms with Crippen LogP contribution in [-0.4, -0.2) is 15.0 Å². The Morgan fingerprint density at radius 2 is 0.530 bits per heavy atom. The topological polar surface area (TPSA) is 38.7 Å². The zero-order valence-corrected chi connectivity index (χ0v) is 36.0. The first kappa shape index (κ1) is 38.9. The first-order chi connectivity index (χ1) is 32.7. The van der Waals surface area contributed by atoms with Crippen LogP contribution >= 0.6 is 0 Å². The van der Waals surface area contributed by atoms with Gasteiger partial charge in [-0.2, -0.15) is 0 Å². The van der Waals surface area contributed by atoms with Crippen molar-refractivity contribution in [3.63, 3.8) is 0 Å². The fourth-order valence-electron chi connectivity index (χ4n) is 9.44. The summed E-state index contributed by atoms with van der Waals surface area (Å²) in [5, 5.41) is 7.59. The van der Waals surface area contributed by atoms with Crippen LogP contribution in [-0.2, 0) is 0 Å². The molecule has 0 radical (unpaired) electrons. The Morgan fingerprint density at radius 3 is 1.11 bits per heavy atom. The Hall–Kier alpha value is -8.79. The van der Waals surface area contributed by atoms with Crippen molar-refractivity contribution >= 4 is 32.3 Å². The molecule has 3 nitrogen and oxygen atoms in total. The zero-order valence-electron chi connectivity index (χ0n) is 36.0. The van der Waals surface area contributed by atoms with Crippen LogP contribution in [0, 0.1) is 0 Å². The highest BCUT2D eigenvalue weighted by molar-refractivity contribution is 6.25. The van der Waals surface area contributed by atoms with Crippen molar-refractivity contribution in [2.45, 2.75) is 0 Å². The predicted octanol–water partition coefficient (Wildman–Crippen LogP) is 16.7. The van der Waals surface area contributed by atoms with Crippen LogP contribution in [0.25, 0.3) is 122 Å². The van der Waals surface area contributed by atoms with Crippen molar-refractivity contribution in [2.24, 2.45) is 0 Å². The molecular formula is C63H41N3. The molecule has 0 N–H and O–H groups in total. The van der Waals surface area contributed by atoms with E-state index in [-0.39, 0.29) is 0 Å². The van der Waals surface area contributed by atoms with Crippen LogP contribution in [0.3, 0.4) is 0 Å². The number of benzene rings is 11. The van der Waals surface area contributed by atoms with E-state index in [2.05, 4.69) is 212 Å². The summed E-state index contributed by atoms with van der Waals surface area (Å²) in [5.41, 5.74) is 14.0. The van der Waals surface area contributed by atoms with Crippen LogP contribution in [0.1, 0.15) is 0 Å². The van der Waals surface area contributed by atoms with Crippen LogP contribution in [0.15, 0.2) is 249 Å². The van der Waals surface area contributed by atoms with E-state index in [4.69, 9.17) is 15.0 Å². The maximum atomic E-state index is 5.23. The molecule has 0 unspecified atom stereocenters. The summed E-state index contributed by atoms with van der Waals surface area (Å²) in [4.78, 5) is 15.5. The minimum atomic E-state index is 0.607. The van der Waals surface area contributed by atoms with Crippen molar-refractivity contribution in [2.75, 3.05) is 0 Å². The van der Waals surface area contributed by atoms with Gasteiger partial charge >= 0.3 is 0 Å². The van der Waals surface area contributed by atoms with Crippen LogP contribution in [0.4, 0.5) is 0 Å². The maximum Gasteiger partial charge on any atom is 0.164 e. The molecule has 308 valence electrons. The van der Waals surface area contributed by atoms with Gasteiger partial charge in [-0.1, -0.05) is 212 Å². The van der Waals surface area contributed by atoms with Crippen LogP contribution < -0.4 is 0 Å². The third kappa shape index (κ3) is 7.29. The van der Waals surface area contributed by atoms with Crippen molar-refractivity contribution < 1.29 is 0 Å². The Kier molecular flexibility index (Phi) is 9.85. The number of fused-ring (bicyclic) bond motifs is 6. The zero-order chi connectivity index (χ0) is 43.8. The Labute approximate surface area is 384 Å². The molecule has 3 heteroatoms. The van der Waals surface area contributed by atoms with Gasteiger partial charge in [0.15, 0.2) is 17.5 Å². The minimum Gasteiger partial charge on any atom is -0.208 e. The third-order valence-corrected chi connectivity index (χ3v) is 12.7. The molecule has 12 aromatic rings. The van der Waals surface area contributed by atoms with Gasteiger partial charge in [-0.25, -0.2) is 15.0 Å². The largest absolute Gasteiger partial charge is 0.208 e. The molecule has 11 aromatic carbocycles. The van der Waals surface area contributed by atoms with Crippen LogP contribution in [0.2, 0.25) is 0 Å². The van der Waals surface area contributed by atoms with E-state index in [1.807, 2.05) is 36.4 Å². The van der Waals surface area contributed by atoms with Gasteiger partial charge in [-0.05, 0) is 124 Å². The van der Waals surface area contributed by atoms with Crippen molar-refractivity contribution in [3.8, 4) is 89.8 Å². The van der Waals surface area contributed by atoms with E-state index in [0.29, 0.717) is 17.5 Å². The van der Waals surface area contributed by atoms with Gasteiger partial charge in [0.25, 0.3) is 0 Å². The number of hydrogen-bond donors (Lipinski definition) is 0. The highest BCUT2D eigenvalue weighted by Gasteiger charge is 2.18. The van der Waals surface area contributed by atoms with Gasteiger partial charge in [0, 0.05) is 16.7 Å². The molecule has 0 amide bonds. The molecule has 0 aliphatic carbocycles. The summed E-state index contributed by atoms with van der Waals surface area (Å²) in [5.74, 6) is 1.86. The summed E-state index contributed by atoms with van der Waals surface area (Å²) in [6, 6.07) is 88.7. The molecule has 0 saturated carbocycles. The standard InChI is InChI=1S/C63H41N3/c1-5-18-42(19-6-1)48-32-34-53(43-20-7-2-8-21-43)59(40-48)51-37-50(38-52(39-51)63-65-61(44-22-9-3-10-23-44)64-62(66-63)45-24-11-4-12-25-45)47-27-17-26-46(36-47)49-33-35-58-56-30-14-13-28-54(56)55-29-15-16-31-57(55)60(58)41-49/h1-41H. The minimum absolute atomic E-state index is 0.607. The highest BCUT2D eigenvalue weighted by atomic mass is 15.0. The third-order valence-electron chi connectivity index (χ3n) is 12.7. The van der Waals surface area contributed by atoms with E-state index in [1.54, 1.807) is 0 Å². The Bertz CT molecular complexity index is 3640. The molecule has 1 heterocycles. The van der Waals surface area contributed by atoms with Crippen molar-refractivity contribution in [1.29, 1.82) is 0 Å². The molecule has 0 aliphatic heterocycles. The Balaban J connectivity index is 1.08. The van der Waals surface area contributed by atoms with Gasteiger partial charge in [-0.15, -0.1) is 0 Å². The summed E-state index contributed by atoms with van der Waals surface area (Å²) < 4.78 is 0. The monoisotopic (exact) mass is 839 g/mol. The van der Waals surface area contributed by atoms with E-state index in [0.717, 1.165) is 66.8 Å². The van der Waals surface area contributed by atoms with Crippen molar-refractivity contribution in [1.82, 2.24) is 15.0 Å². The molecule has 66 heavy (non-hydrogen) atoms. The molecule has 0 aliphatic rings. The quantitative estimate of drug-likeness (QED) is 0.143. The highest BCUT2D eigenvalue weighted by Crippen LogP contribution is 2.42. The van der Waals surface area contributed by atoms with E-state index in [9.17, 15) is 0 Å². The lowest BCUT2D eigenvalue weighted by atomic mass is 9.88. The average molecular weight is 840 g/mol. The van der Waals surface area contributed by atoms with E-state index < -0.39 is 0 Å². The Morgan fingerprint density at radius 1 is 0.167 bits per heavy atom. The summed E-state index contributed by atoms with van der Waals surface area (Å²) >= 11 is 0. The summed E-state index contributed by atoms with van der Waals surface area (Å²) in [6.45, 7) is 0. The predicted molar refractivity (Wildman–Crippen MR) is 276 cm³/mol. The summed E-state index contributed by atoms with van der Waals surface area (Å²) in [7, 11) is 0.